The summed E-state index contributed by atoms with van der Waals surface area (Å²) in [5.41, 5.74) is 0.482. The molecule has 4 heteroatoms. The Labute approximate surface area is 72.8 Å². The van der Waals surface area contributed by atoms with E-state index in [2.05, 4.69) is 20.9 Å². The molecule has 0 aromatic carbocycles. The molecule has 1 heterocycles. The number of nitrogens with zero attached hydrogens (tertiary/aromatic N) is 1. The summed E-state index contributed by atoms with van der Waals surface area (Å²) in [4.78, 5) is 3.89. The first kappa shape index (κ1) is 8.64. The maximum atomic E-state index is 9.09. The van der Waals surface area contributed by atoms with E-state index in [0.29, 0.717) is 5.69 Å². The second kappa shape index (κ2) is 3.80. The van der Waals surface area contributed by atoms with Crippen molar-refractivity contribution in [2.45, 2.75) is 6.10 Å². The minimum atomic E-state index is -0.872. The van der Waals surface area contributed by atoms with E-state index in [1.165, 1.54) is 0 Å². The molecule has 1 rings (SSSR count). The third-order valence-electron chi connectivity index (χ3n) is 1.26. The lowest BCUT2D eigenvalue weighted by atomic mass is 10.2. The van der Waals surface area contributed by atoms with Gasteiger partial charge in [-0.2, -0.15) is 0 Å². The van der Waals surface area contributed by atoms with Gasteiger partial charge in [-0.15, -0.1) is 0 Å². The number of rotatable bonds is 2. The Bertz CT molecular complexity index is 224. The normalized spacial score (nSPS) is 13.0. The predicted molar refractivity (Wildman–Crippen MR) is 44.0 cm³/mol. The number of halogens is 1. The Balaban J connectivity index is 2.81. The Morgan fingerprint density at radius 2 is 2.27 bits per heavy atom. The molecular weight excluding hydrogens is 210 g/mol. The molecule has 3 nitrogen and oxygen atoms in total. The Hall–Kier alpha value is -0.450. The number of hydrogen-bond acceptors (Lipinski definition) is 3. The van der Waals surface area contributed by atoms with Crippen LogP contribution in [0.1, 0.15) is 11.8 Å². The number of aromatic nitrogens is 1. The van der Waals surface area contributed by atoms with Crippen LogP contribution in [0.2, 0.25) is 0 Å². The van der Waals surface area contributed by atoms with Crippen molar-refractivity contribution in [2.75, 3.05) is 6.61 Å². The molecule has 0 aliphatic carbocycles. The Morgan fingerprint density at radius 3 is 2.73 bits per heavy atom. The third kappa shape index (κ3) is 2.25. The van der Waals surface area contributed by atoms with E-state index in [1.807, 2.05) is 0 Å². The maximum absolute atomic E-state index is 9.09. The van der Waals surface area contributed by atoms with Gasteiger partial charge in [-0.05, 0) is 28.1 Å². The zero-order valence-electron chi connectivity index (χ0n) is 5.74. The van der Waals surface area contributed by atoms with E-state index >= 15 is 0 Å². The van der Waals surface area contributed by atoms with Crippen molar-refractivity contribution < 1.29 is 10.2 Å². The van der Waals surface area contributed by atoms with E-state index in [1.54, 1.807) is 18.3 Å². The number of aliphatic hydroxyl groups excluding tert-OH is 2. The molecule has 1 unspecified atom stereocenters. The molecule has 11 heavy (non-hydrogen) atoms. The highest BCUT2D eigenvalue weighted by Gasteiger charge is 2.05. The van der Waals surface area contributed by atoms with E-state index in [-0.39, 0.29) is 6.61 Å². The minimum Gasteiger partial charge on any atom is -0.393 e. The fraction of sp³-hybridized carbons (Fsp3) is 0.286. The second-order valence-electron chi connectivity index (χ2n) is 2.10. The molecule has 0 aliphatic rings. The average molecular weight is 218 g/mol. The van der Waals surface area contributed by atoms with Crippen LogP contribution in [0.15, 0.2) is 22.8 Å². The van der Waals surface area contributed by atoms with Gasteiger partial charge in [0.05, 0.1) is 12.3 Å². The molecule has 1 aromatic heterocycles. The first-order valence-corrected chi connectivity index (χ1v) is 3.93. The smallest absolute Gasteiger partial charge is 0.119 e. The Kier molecular flexibility index (Phi) is 2.99. The van der Waals surface area contributed by atoms with Gasteiger partial charge < -0.3 is 10.2 Å². The highest BCUT2D eigenvalue weighted by molar-refractivity contribution is 9.10. The van der Waals surface area contributed by atoms with Crippen LogP contribution in [0.25, 0.3) is 0 Å². The van der Waals surface area contributed by atoms with Gasteiger partial charge in [-0.1, -0.05) is 0 Å². The van der Waals surface area contributed by atoms with Gasteiger partial charge in [-0.25, -0.2) is 0 Å². The van der Waals surface area contributed by atoms with Crippen molar-refractivity contribution in [2.24, 2.45) is 0 Å². The molecule has 0 saturated heterocycles. The summed E-state index contributed by atoms with van der Waals surface area (Å²) in [6.45, 7) is -0.297. The quantitative estimate of drug-likeness (QED) is 0.774. The van der Waals surface area contributed by atoms with E-state index in [0.717, 1.165) is 4.47 Å². The summed E-state index contributed by atoms with van der Waals surface area (Å²) < 4.78 is 0.853. The Morgan fingerprint density at radius 1 is 1.55 bits per heavy atom. The summed E-state index contributed by atoms with van der Waals surface area (Å²) in [5.74, 6) is 0. The molecule has 0 aliphatic heterocycles. The first-order valence-electron chi connectivity index (χ1n) is 3.14. The van der Waals surface area contributed by atoms with Crippen LogP contribution in [0, 0.1) is 0 Å². The SMILES string of the molecule is OCC(O)c1ccc(Br)cn1. The van der Waals surface area contributed by atoms with E-state index in [9.17, 15) is 0 Å². The van der Waals surface area contributed by atoms with Crippen LogP contribution in [0.5, 0.6) is 0 Å². The monoisotopic (exact) mass is 217 g/mol. The molecule has 2 N–H and O–H groups in total. The lowest BCUT2D eigenvalue weighted by Gasteiger charge is -2.04. The number of pyridine rings is 1. The van der Waals surface area contributed by atoms with Crippen LogP contribution < -0.4 is 0 Å². The summed E-state index contributed by atoms with van der Waals surface area (Å²) in [5, 5.41) is 17.6. The lowest BCUT2D eigenvalue weighted by molar-refractivity contribution is 0.0922. The molecule has 0 fully saturated rings. The third-order valence-corrected chi connectivity index (χ3v) is 1.73. The molecule has 0 spiro atoms. The molecule has 0 amide bonds. The standard InChI is InChI=1S/C7H8BrNO2/c8-5-1-2-6(9-3-5)7(11)4-10/h1-3,7,10-11H,4H2. The van der Waals surface area contributed by atoms with Crippen molar-refractivity contribution in [3.63, 3.8) is 0 Å². The number of hydrogen-bond donors (Lipinski definition) is 2. The van der Waals surface area contributed by atoms with Crippen LogP contribution >= 0.6 is 15.9 Å². The van der Waals surface area contributed by atoms with Crippen molar-refractivity contribution in [3.8, 4) is 0 Å². The lowest BCUT2D eigenvalue weighted by Crippen LogP contribution is -2.04. The van der Waals surface area contributed by atoms with Crippen LogP contribution in [0.4, 0.5) is 0 Å². The molecule has 1 aromatic rings. The van der Waals surface area contributed by atoms with E-state index in [4.69, 9.17) is 10.2 Å². The molecule has 0 saturated carbocycles. The summed E-state index contributed by atoms with van der Waals surface area (Å²) >= 11 is 3.21. The van der Waals surface area contributed by atoms with Gasteiger partial charge in [0.15, 0.2) is 0 Å². The van der Waals surface area contributed by atoms with Gasteiger partial charge in [0, 0.05) is 10.7 Å². The average Bonchev–Trinajstić information content (AvgIpc) is 2.05. The van der Waals surface area contributed by atoms with Crippen molar-refractivity contribution in [1.82, 2.24) is 4.98 Å². The maximum Gasteiger partial charge on any atom is 0.119 e. The van der Waals surface area contributed by atoms with Gasteiger partial charge in [0.25, 0.3) is 0 Å². The van der Waals surface area contributed by atoms with Crippen LogP contribution in [-0.2, 0) is 0 Å². The minimum absolute atomic E-state index is 0.297. The van der Waals surface area contributed by atoms with Crippen LogP contribution in [0.3, 0.4) is 0 Å². The molecule has 0 bridgehead atoms. The topological polar surface area (TPSA) is 53.4 Å². The zero-order chi connectivity index (χ0) is 8.27. The van der Waals surface area contributed by atoms with Gasteiger partial charge in [-0.3, -0.25) is 4.98 Å². The highest BCUT2D eigenvalue weighted by Crippen LogP contribution is 2.12. The van der Waals surface area contributed by atoms with Gasteiger partial charge in [0.2, 0.25) is 0 Å². The second-order valence-corrected chi connectivity index (χ2v) is 3.02. The first-order chi connectivity index (χ1) is 5.24. The predicted octanol–water partition coefficient (Wildman–Crippen LogP) is 0.870. The summed E-state index contributed by atoms with van der Waals surface area (Å²) in [7, 11) is 0. The number of aliphatic hydroxyl groups is 2. The van der Waals surface area contributed by atoms with Gasteiger partial charge >= 0.3 is 0 Å². The fourth-order valence-corrected chi connectivity index (χ4v) is 0.912. The fourth-order valence-electron chi connectivity index (χ4n) is 0.678. The molecular formula is C7H8BrNO2. The van der Waals surface area contributed by atoms with E-state index < -0.39 is 6.10 Å². The molecule has 60 valence electrons. The highest BCUT2D eigenvalue weighted by atomic mass is 79.9. The van der Waals surface area contributed by atoms with Crippen molar-refractivity contribution >= 4 is 15.9 Å². The largest absolute Gasteiger partial charge is 0.393 e. The summed E-state index contributed by atoms with van der Waals surface area (Å²) in [6.07, 6.45) is 0.705. The van der Waals surface area contributed by atoms with Crippen molar-refractivity contribution in [3.05, 3.63) is 28.5 Å². The summed E-state index contributed by atoms with van der Waals surface area (Å²) in [6, 6.07) is 3.42. The van der Waals surface area contributed by atoms with Crippen molar-refractivity contribution in [1.29, 1.82) is 0 Å². The zero-order valence-corrected chi connectivity index (χ0v) is 7.32. The van der Waals surface area contributed by atoms with Gasteiger partial charge in [0.1, 0.15) is 6.10 Å². The molecule has 1 atom stereocenters. The molecule has 0 radical (unpaired) electrons. The van der Waals surface area contributed by atoms with Crippen LogP contribution in [-0.4, -0.2) is 21.8 Å².